The lowest BCUT2D eigenvalue weighted by Gasteiger charge is -2.33. The Bertz CT molecular complexity index is 911. The Hall–Kier alpha value is -1.91. The Kier molecular flexibility index (Phi) is 4.60. The number of nitrogens with zero attached hydrogens (tertiary/aromatic N) is 6. The van der Waals surface area contributed by atoms with Gasteiger partial charge in [0.15, 0.2) is 0 Å². The van der Waals surface area contributed by atoms with Crippen molar-refractivity contribution in [2.45, 2.75) is 11.8 Å². The van der Waals surface area contributed by atoms with Crippen molar-refractivity contribution in [1.29, 1.82) is 0 Å². The summed E-state index contributed by atoms with van der Waals surface area (Å²) in [7, 11) is -0.275. The van der Waals surface area contributed by atoms with Gasteiger partial charge >= 0.3 is 0 Å². The van der Waals surface area contributed by atoms with Crippen LogP contribution in [0.4, 0.5) is 0 Å². The molecule has 0 radical (unpaired) electrons. The van der Waals surface area contributed by atoms with Crippen LogP contribution in [0.25, 0.3) is 0 Å². The molecule has 2 aromatic rings. The number of carbonyl (C=O) groups is 1. The number of amides is 1. The molecule has 0 atom stereocenters. The zero-order valence-electron chi connectivity index (χ0n) is 14.2. The standard InChI is InChI=1S/C14H19ClN6O3S/c1-10-12(15)13(19(3)17-10)14(22)20-4-6-21(7-5-20)25(23,24)11-8-16-18(2)9-11/h8-9H,4-7H2,1-3H3. The topological polar surface area (TPSA) is 93.3 Å². The maximum Gasteiger partial charge on any atom is 0.273 e. The molecule has 11 heteroatoms. The van der Waals surface area contributed by atoms with Gasteiger partial charge in [0.2, 0.25) is 10.0 Å². The zero-order valence-corrected chi connectivity index (χ0v) is 15.7. The average molecular weight is 387 g/mol. The van der Waals surface area contributed by atoms with Crippen molar-refractivity contribution in [2.24, 2.45) is 14.1 Å². The molecule has 1 fully saturated rings. The second kappa shape index (κ2) is 6.43. The van der Waals surface area contributed by atoms with E-state index in [4.69, 9.17) is 11.6 Å². The molecule has 136 valence electrons. The van der Waals surface area contributed by atoms with Crippen LogP contribution in [0.3, 0.4) is 0 Å². The molecule has 2 aromatic heterocycles. The molecule has 0 bridgehead atoms. The maximum absolute atomic E-state index is 12.7. The molecule has 0 aliphatic carbocycles. The summed E-state index contributed by atoms with van der Waals surface area (Å²) in [5.74, 6) is -0.244. The van der Waals surface area contributed by atoms with Crippen molar-refractivity contribution >= 4 is 27.5 Å². The number of aryl methyl sites for hydroxylation is 3. The molecular formula is C14H19ClN6O3S. The zero-order chi connectivity index (χ0) is 18.4. The Morgan fingerprint density at radius 1 is 1.20 bits per heavy atom. The predicted octanol–water partition coefficient (Wildman–Crippen LogP) is 0.262. The van der Waals surface area contributed by atoms with Gasteiger partial charge in [0, 0.05) is 46.5 Å². The van der Waals surface area contributed by atoms with E-state index in [9.17, 15) is 13.2 Å². The van der Waals surface area contributed by atoms with Gasteiger partial charge in [-0.1, -0.05) is 11.6 Å². The highest BCUT2D eigenvalue weighted by Gasteiger charge is 2.32. The van der Waals surface area contributed by atoms with E-state index in [1.807, 2.05) is 0 Å². The first kappa shape index (κ1) is 17.9. The number of hydrogen-bond donors (Lipinski definition) is 0. The highest BCUT2D eigenvalue weighted by Crippen LogP contribution is 2.23. The third-order valence-corrected chi connectivity index (χ3v) is 6.50. The van der Waals surface area contributed by atoms with Gasteiger partial charge in [0.25, 0.3) is 5.91 Å². The summed E-state index contributed by atoms with van der Waals surface area (Å²) in [6, 6.07) is 0. The summed E-state index contributed by atoms with van der Waals surface area (Å²) in [6.07, 6.45) is 2.79. The minimum absolute atomic E-state index is 0.153. The van der Waals surface area contributed by atoms with Crippen molar-refractivity contribution in [3.05, 3.63) is 28.8 Å². The van der Waals surface area contributed by atoms with Crippen LogP contribution >= 0.6 is 11.6 Å². The first-order valence-electron chi connectivity index (χ1n) is 7.69. The van der Waals surface area contributed by atoms with Gasteiger partial charge in [0.05, 0.1) is 16.9 Å². The van der Waals surface area contributed by atoms with Crippen LogP contribution in [-0.4, -0.2) is 69.3 Å². The van der Waals surface area contributed by atoms with Gasteiger partial charge < -0.3 is 4.90 Å². The number of rotatable bonds is 3. The third-order valence-electron chi connectivity index (χ3n) is 4.20. The highest BCUT2D eigenvalue weighted by atomic mass is 35.5. The van der Waals surface area contributed by atoms with Crippen molar-refractivity contribution in [2.75, 3.05) is 26.2 Å². The summed E-state index contributed by atoms with van der Waals surface area (Å²) in [4.78, 5) is 14.4. The number of aromatic nitrogens is 4. The molecule has 3 rings (SSSR count). The predicted molar refractivity (Wildman–Crippen MR) is 90.8 cm³/mol. The number of piperazine rings is 1. The van der Waals surface area contributed by atoms with Crippen LogP contribution in [0.5, 0.6) is 0 Å². The number of halogens is 1. The minimum atomic E-state index is -3.60. The van der Waals surface area contributed by atoms with Crippen LogP contribution in [-0.2, 0) is 24.1 Å². The van der Waals surface area contributed by atoms with E-state index in [-0.39, 0.29) is 23.9 Å². The fraction of sp³-hybridized carbons (Fsp3) is 0.500. The molecule has 25 heavy (non-hydrogen) atoms. The number of sulfonamides is 1. The quantitative estimate of drug-likeness (QED) is 0.754. The fourth-order valence-corrected chi connectivity index (χ4v) is 4.48. The summed E-state index contributed by atoms with van der Waals surface area (Å²) in [6.45, 7) is 2.75. The molecule has 0 saturated carbocycles. The fourth-order valence-electron chi connectivity index (χ4n) is 2.83. The van der Waals surface area contributed by atoms with Gasteiger partial charge in [0.1, 0.15) is 10.6 Å². The molecule has 0 N–H and O–H groups in total. The van der Waals surface area contributed by atoms with Gasteiger partial charge in [-0.15, -0.1) is 0 Å². The van der Waals surface area contributed by atoms with Gasteiger partial charge in [-0.3, -0.25) is 14.2 Å². The summed E-state index contributed by atoms with van der Waals surface area (Å²) >= 11 is 6.17. The molecule has 9 nitrogen and oxygen atoms in total. The van der Waals surface area contributed by atoms with Gasteiger partial charge in [-0.25, -0.2) is 8.42 Å². The number of hydrogen-bond acceptors (Lipinski definition) is 5. The van der Waals surface area contributed by atoms with Crippen molar-refractivity contribution in [3.8, 4) is 0 Å². The van der Waals surface area contributed by atoms with Crippen molar-refractivity contribution < 1.29 is 13.2 Å². The second-order valence-electron chi connectivity index (χ2n) is 5.92. The van der Waals surface area contributed by atoms with E-state index >= 15 is 0 Å². The molecule has 1 amide bonds. The first-order valence-corrected chi connectivity index (χ1v) is 9.51. The van der Waals surface area contributed by atoms with E-state index in [1.54, 1.807) is 25.9 Å². The monoisotopic (exact) mass is 386 g/mol. The van der Waals surface area contributed by atoms with E-state index < -0.39 is 10.0 Å². The van der Waals surface area contributed by atoms with Gasteiger partial charge in [-0.05, 0) is 6.92 Å². The minimum Gasteiger partial charge on any atom is -0.335 e. The molecule has 0 spiro atoms. The highest BCUT2D eigenvalue weighted by molar-refractivity contribution is 7.89. The second-order valence-corrected chi connectivity index (χ2v) is 8.23. The maximum atomic E-state index is 12.7. The number of carbonyl (C=O) groups excluding carboxylic acids is 1. The SMILES string of the molecule is Cc1nn(C)c(C(=O)N2CCN(S(=O)(=O)c3cnn(C)c3)CC2)c1Cl. The summed E-state index contributed by atoms with van der Waals surface area (Å²) in [5.41, 5.74) is 0.910. The Morgan fingerprint density at radius 2 is 1.84 bits per heavy atom. The largest absolute Gasteiger partial charge is 0.335 e. The molecule has 1 aliphatic heterocycles. The smallest absolute Gasteiger partial charge is 0.273 e. The first-order chi connectivity index (χ1) is 11.7. The van der Waals surface area contributed by atoms with E-state index in [1.165, 1.54) is 26.1 Å². The van der Waals surface area contributed by atoms with E-state index in [0.717, 1.165) is 0 Å². The Labute approximate surface area is 150 Å². The van der Waals surface area contributed by atoms with Crippen LogP contribution in [0, 0.1) is 6.92 Å². The van der Waals surface area contributed by atoms with Crippen molar-refractivity contribution in [1.82, 2.24) is 28.8 Å². The summed E-state index contributed by atoms with van der Waals surface area (Å²) < 4.78 is 29.5. The van der Waals surface area contributed by atoms with Crippen LogP contribution in [0.1, 0.15) is 16.2 Å². The van der Waals surface area contributed by atoms with Gasteiger partial charge in [-0.2, -0.15) is 14.5 Å². The van der Waals surface area contributed by atoms with Crippen LogP contribution in [0.15, 0.2) is 17.3 Å². The normalized spacial score (nSPS) is 16.4. The molecule has 1 saturated heterocycles. The lowest BCUT2D eigenvalue weighted by Crippen LogP contribution is -2.50. The Morgan fingerprint density at radius 3 is 2.32 bits per heavy atom. The summed E-state index contributed by atoms with van der Waals surface area (Å²) in [5, 5.41) is 8.38. The average Bonchev–Trinajstić information content (AvgIpc) is 3.11. The molecule has 0 unspecified atom stereocenters. The van der Waals surface area contributed by atoms with E-state index in [0.29, 0.717) is 29.5 Å². The molecular weight excluding hydrogens is 368 g/mol. The van der Waals surface area contributed by atoms with Crippen molar-refractivity contribution in [3.63, 3.8) is 0 Å². The lowest BCUT2D eigenvalue weighted by atomic mass is 10.3. The Balaban J connectivity index is 1.72. The van der Waals surface area contributed by atoms with Crippen LogP contribution in [0.2, 0.25) is 5.02 Å². The molecule has 0 aromatic carbocycles. The third kappa shape index (κ3) is 3.16. The van der Waals surface area contributed by atoms with Crippen LogP contribution < -0.4 is 0 Å². The molecule has 1 aliphatic rings. The van der Waals surface area contributed by atoms with E-state index in [2.05, 4.69) is 10.2 Å². The lowest BCUT2D eigenvalue weighted by molar-refractivity contribution is 0.0687. The molecule has 3 heterocycles.